The highest BCUT2D eigenvalue weighted by atomic mass is 16.5. The van der Waals surface area contributed by atoms with E-state index in [1.54, 1.807) is 6.20 Å². The van der Waals surface area contributed by atoms with Gasteiger partial charge in [-0.05, 0) is 18.6 Å². The Morgan fingerprint density at radius 2 is 2.14 bits per heavy atom. The maximum absolute atomic E-state index is 5.47. The second-order valence-electron chi connectivity index (χ2n) is 3.38. The summed E-state index contributed by atoms with van der Waals surface area (Å²) < 4.78 is 5.47. The quantitative estimate of drug-likeness (QED) is 0.619. The van der Waals surface area contributed by atoms with E-state index in [0.29, 0.717) is 0 Å². The highest BCUT2D eigenvalue weighted by Gasteiger charge is 1.93. The van der Waals surface area contributed by atoms with Crippen LogP contribution in [0.3, 0.4) is 0 Å². The molecule has 0 aliphatic heterocycles. The fourth-order valence-corrected chi connectivity index (χ4v) is 1.28. The van der Waals surface area contributed by atoms with Crippen LogP contribution in [0.5, 0.6) is 5.75 Å². The van der Waals surface area contributed by atoms with E-state index in [-0.39, 0.29) is 0 Å². The predicted molar refractivity (Wildman–Crippen MR) is 57.3 cm³/mol. The van der Waals surface area contributed by atoms with Crippen LogP contribution in [0.25, 0.3) is 0 Å². The lowest BCUT2D eigenvalue weighted by atomic mass is 10.2. The van der Waals surface area contributed by atoms with Crippen molar-refractivity contribution in [1.82, 2.24) is 4.98 Å². The molecule has 0 aliphatic rings. The molecular weight excluding hydrogens is 174 g/mol. The number of unbranched alkanes of at least 4 members (excludes halogenated alkanes) is 4. The monoisotopic (exact) mass is 192 g/mol. The summed E-state index contributed by atoms with van der Waals surface area (Å²) >= 11 is 0. The van der Waals surface area contributed by atoms with Gasteiger partial charge in [0.15, 0.2) is 0 Å². The van der Waals surface area contributed by atoms with Crippen LogP contribution in [0.4, 0.5) is 0 Å². The number of rotatable bonds is 7. The van der Waals surface area contributed by atoms with Gasteiger partial charge in [0.05, 0.1) is 6.61 Å². The third kappa shape index (κ3) is 4.85. The van der Waals surface area contributed by atoms with Gasteiger partial charge in [0.25, 0.3) is 0 Å². The van der Waals surface area contributed by atoms with Crippen molar-refractivity contribution in [3.05, 3.63) is 24.5 Å². The van der Waals surface area contributed by atoms with Gasteiger partial charge < -0.3 is 4.74 Å². The van der Waals surface area contributed by atoms with E-state index < -0.39 is 0 Å². The molecule has 0 spiro atoms. The van der Waals surface area contributed by atoms with Gasteiger partial charge in [-0.15, -0.1) is 0 Å². The van der Waals surface area contributed by atoms with Crippen molar-refractivity contribution >= 4 is 0 Å². The van der Waals surface area contributed by atoms with Gasteiger partial charge in [0, 0.05) is 6.20 Å². The van der Waals surface area contributed by atoms with Gasteiger partial charge >= 0.3 is 0 Å². The van der Waals surface area contributed by atoms with Gasteiger partial charge in [0.1, 0.15) is 11.9 Å². The zero-order valence-corrected chi connectivity index (χ0v) is 8.83. The molecule has 1 aromatic heterocycles. The summed E-state index contributed by atoms with van der Waals surface area (Å²) in [7, 11) is 0. The van der Waals surface area contributed by atoms with Gasteiger partial charge in [-0.1, -0.05) is 32.6 Å². The topological polar surface area (TPSA) is 22.1 Å². The number of ether oxygens (including phenoxy) is 1. The van der Waals surface area contributed by atoms with Crippen LogP contribution in [0.15, 0.2) is 18.3 Å². The van der Waals surface area contributed by atoms with Crippen molar-refractivity contribution in [1.29, 1.82) is 0 Å². The Bertz CT molecular complexity index is 223. The van der Waals surface area contributed by atoms with Crippen LogP contribution in [-0.2, 0) is 0 Å². The zero-order valence-electron chi connectivity index (χ0n) is 8.83. The fraction of sp³-hybridized carbons (Fsp3) is 0.583. The molecule has 0 aromatic carbocycles. The smallest absolute Gasteiger partial charge is 0.147 e. The third-order valence-corrected chi connectivity index (χ3v) is 2.09. The molecule has 77 valence electrons. The standard InChI is InChI=1S/C12H18NO/c1-2-3-4-5-6-10-14-12-8-7-9-13-11-12/h7-9H,2-6,10H2,1H3. The van der Waals surface area contributed by atoms with Crippen LogP contribution in [0.2, 0.25) is 0 Å². The fourth-order valence-electron chi connectivity index (χ4n) is 1.28. The van der Waals surface area contributed by atoms with Gasteiger partial charge in [-0.2, -0.15) is 0 Å². The first-order valence-electron chi connectivity index (χ1n) is 5.39. The molecule has 0 atom stereocenters. The molecule has 2 heteroatoms. The molecule has 1 rings (SSSR count). The minimum atomic E-state index is 0.753. The molecule has 0 bridgehead atoms. The van der Waals surface area contributed by atoms with E-state index >= 15 is 0 Å². The molecule has 0 amide bonds. The van der Waals surface area contributed by atoms with E-state index in [2.05, 4.69) is 18.1 Å². The average molecular weight is 192 g/mol. The van der Waals surface area contributed by atoms with Gasteiger partial charge in [-0.25, -0.2) is 0 Å². The first kappa shape index (κ1) is 11.0. The third-order valence-electron chi connectivity index (χ3n) is 2.09. The largest absolute Gasteiger partial charge is 0.491 e. The second-order valence-corrected chi connectivity index (χ2v) is 3.38. The lowest BCUT2D eigenvalue weighted by Gasteiger charge is -2.04. The molecule has 1 radical (unpaired) electrons. The van der Waals surface area contributed by atoms with Crippen LogP contribution in [0.1, 0.15) is 39.0 Å². The van der Waals surface area contributed by atoms with Crippen molar-refractivity contribution in [3.8, 4) is 5.75 Å². The number of aromatic nitrogens is 1. The number of hydrogen-bond donors (Lipinski definition) is 0. The number of pyridine rings is 1. The Labute approximate surface area is 86.3 Å². The van der Waals surface area contributed by atoms with Crippen LogP contribution in [-0.4, -0.2) is 11.6 Å². The van der Waals surface area contributed by atoms with E-state index in [4.69, 9.17) is 4.74 Å². The Balaban J connectivity index is 1.99. The van der Waals surface area contributed by atoms with Crippen molar-refractivity contribution in [2.24, 2.45) is 0 Å². The summed E-state index contributed by atoms with van der Waals surface area (Å²) in [5, 5.41) is 0. The summed E-state index contributed by atoms with van der Waals surface area (Å²) in [5.41, 5.74) is 0. The van der Waals surface area contributed by atoms with E-state index in [9.17, 15) is 0 Å². The van der Waals surface area contributed by atoms with Crippen LogP contribution >= 0.6 is 0 Å². The minimum Gasteiger partial charge on any atom is -0.491 e. The molecule has 1 heterocycles. The Morgan fingerprint density at radius 1 is 1.29 bits per heavy atom. The predicted octanol–water partition coefficient (Wildman–Crippen LogP) is 3.23. The summed E-state index contributed by atoms with van der Waals surface area (Å²) in [6, 6.07) is 3.75. The summed E-state index contributed by atoms with van der Waals surface area (Å²) in [5.74, 6) is 0.753. The maximum Gasteiger partial charge on any atom is 0.147 e. The van der Waals surface area contributed by atoms with Crippen LogP contribution in [0, 0.1) is 6.20 Å². The van der Waals surface area contributed by atoms with E-state index in [1.165, 1.54) is 25.7 Å². The molecule has 0 saturated carbocycles. The zero-order chi connectivity index (χ0) is 10.1. The summed E-state index contributed by atoms with van der Waals surface area (Å²) in [6.45, 7) is 3.01. The minimum absolute atomic E-state index is 0.753. The summed E-state index contributed by atoms with van der Waals surface area (Å²) in [4.78, 5) is 3.86. The lowest BCUT2D eigenvalue weighted by molar-refractivity contribution is 0.303. The van der Waals surface area contributed by atoms with Crippen molar-refractivity contribution in [3.63, 3.8) is 0 Å². The molecule has 2 nitrogen and oxygen atoms in total. The molecule has 0 N–H and O–H groups in total. The normalized spacial score (nSPS) is 10.1. The van der Waals surface area contributed by atoms with Crippen LogP contribution < -0.4 is 4.74 Å². The van der Waals surface area contributed by atoms with Crippen molar-refractivity contribution < 1.29 is 4.74 Å². The maximum atomic E-state index is 5.47. The second kappa shape index (κ2) is 7.36. The molecule has 0 unspecified atom stereocenters. The molecule has 0 saturated heterocycles. The van der Waals surface area contributed by atoms with Crippen molar-refractivity contribution in [2.45, 2.75) is 39.0 Å². The molecule has 1 aromatic rings. The SMILES string of the molecule is CCCCCCCOc1[c]nccc1. The average Bonchev–Trinajstić information content (AvgIpc) is 2.25. The molecule has 14 heavy (non-hydrogen) atoms. The molecular formula is C12H18NO. The van der Waals surface area contributed by atoms with E-state index in [0.717, 1.165) is 18.8 Å². The lowest BCUT2D eigenvalue weighted by Crippen LogP contribution is -1.97. The Morgan fingerprint density at radius 3 is 2.86 bits per heavy atom. The highest BCUT2D eigenvalue weighted by molar-refractivity contribution is 5.13. The Hall–Kier alpha value is -1.05. The van der Waals surface area contributed by atoms with Gasteiger partial charge in [0.2, 0.25) is 0 Å². The molecule has 0 aliphatic carbocycles. The van der Waals surface area contributed by atoms with Crippen molar-refractivity contribution in [2.75, 3.05) is 6.61 Å². The highest BCUT2D eigenvalue weighted by Crippen LogP contribution is 2.07. The number of nitrogens with zero attached hydrogens (tertiary/aromatic N) is 1. The van der Waals surface area contributed by atoms with E-state index in [1.807, 2.05) is 12.1 Å². The Kier molecular flexibility index (Phi) is 5.80. The molecule has 0 fully saturated rings. The van der Waals surface area contributed by atoms with Gasteiger partial charge in [-0.3, -0.25) is 4.98 Å². The first-order chi connectivity index (χ1) is 6.93. The summed E-state index contributed by atoms with van der Waals surface area (Å²) in [6.07, 6.45) is 10.8. The number of hydrogen-bond acceptors (Lipinski definition) is 2. The first-order valence-corrected chi connectivity index (χ1v) is 5.39.